The van der Waals surface area contributed by atoms with Crippen LogP contribution in [0.25, 0.3) is 0 Å². The third-order valence-corrected chi connectivity index (χ3v) is 3.54. The quantitative estimate of drug-likeness (QED) is 0.863. The Morgan fingerprint density at radius 3 is 2.43 bits per heavy atom. The third kappa shape index (κ3) is 2.48. The van der Waals surface area contributed by atoms with E-state index in [0.717, 1.165) is 4.90 Å². The van der Waals surface area contributed by atoms with E-state index < -0.39 is 18.0 Å². The topological polar surface area (TPSA) is 67.2 Å². The largest absolute Gasteiger partial charge is 0.329 e. The maximum absolute atomic E-state index is 12.5. The van der Waals surface area contributed by atoms with E-state index in [1.807, 2.05) is 0 Å². The number of imide groups is 1. The summed E-state index contributed by atoms with van der Waals surface area (Å²) in [6.07, 6.45) is 3.22. The SMILES string of the molecule is Cn1cc(C2NC(=O)N(c3cc(Cl)cc(Cl)c3)C2=O)cn1. The smallest absolute Gasteiger partial charge is 0.321 e. The molecule has 1 aliphatic heterocycles. The van der Waals surface area contributed by atoms with Gasteiger partial charge in [0.1, 0.15) is 6.04 Å². The molecule has 1 aliphatic rings. The first-order valence-corrected chi connectivity index (χ1v) is 6.80. The van der Waals surface area contributed by atoms with Crippen LogP contribution in [0, 0.1) is 0 Å². The fourth-order valence-corrected chi connectivity index (χ4v) is 2.72. The van der Waals surface area contributed by atoms with Gasteiger partial charge in [-0.3, -0.25) is 9.48 Å². The number of halogens is 2. The Bertz CT molecular complexity index is 723. The predicted molar refractivity (Wildman–Crippen MR) is 78.4 cm³/mol. The molecule has 0 bridgehead atoms. The van der Waals surface area contributed by atoms with Crippen LogP contribution in [0.15, 0.2) is 30.6 Å². The number of anilines is 1. The molecule has 6 nitrogen and oxygen atoms in total. The maximum Gasteiger partial charge on any atom is 0.329 e. The number of rotatable bonds is 2. The van der Waals surface area contributed by atoms with Crippen LogP contribution in [0.3, 0.4) is 0 Å². The second-order valence-electron chi connectivity index (χ2n) is 4.63. The highest BCUT2D eigenvalue weighted by molar-refractivity contribution is 6.35. The number of hydrogen-bond acceptors (Lipinski definition) is 3. The van der Waals surface area contributed by atoms with Crippen LogP contribution in [0.2, 0.25) is 10.0 Å². The van der Waals surface area contributed by atoms with Crippen LogP contribution < -0.4 is 10.2 Å². The van der Waals surface area contributed by atoms with E-state index >= 15 is 0 Å². The zero-order valence-corrected chi connectivity index (χ0v) is 12.4. The van der Waals surface area contributed by atoms with Crippen molar-refractivity contribution < 1.29 is 9.59 Å². The molecular weight excluding hydrogens is 315 g/mol. The third-order valence-electron chi connectivity index (χ3n) is 3.10. The summed E-state index contributed by atoms with van der Waals surface area (Å²) < 4.78 is 1.56. The Hall–Kier alpha value is -2.05. The van der Waals surface area contributed by atoms with E-state index in [4.69, 9.17) is 23.2 Å². The molecule has 2 heterocycles. The minimum absolute atomic E-state index is 0.335. The Kier molecular flexibility index (Phi) is 3.35. The lowest BCUT2D eigenvalue weighted by molar-refractivity contribution is -0.118. The molecule has 1 N–H and O–H groups in total. The molecule has 0 spiro atoms. The monoisotopic (exact) mass is 324 g/mol. The lowest BCUT2D eigenvalue weighted by Crippen LogP contribution is -2.30. The molecule has 1 atom stereocenters. The van der Waals surface area contributed by atoms with Crippen LogP contribution in [-0.4, -0.2) is 21.7 Å². The van der Waals surface area contributed by atoms with Crippen molar-refractivity contribution in [1.82, 2.24) is 15.1 Å². The normalized spacial score (nSPS) is 18.2. The first kappa shape index (κ1) is 13.9. The molecule has 1 saturated heterocycles. The molecule has 0 saturated carbocycles. The molecule has 2 aromatic rings. The van der Waals surface area contributed by atoms with E-state index in [2.05, 4.69) is 10.4 Å². The van der Waals surface area contributed by atoms with Crippen molar-refractivity contribution in [2.24, 2.45) is 7.05 Å². The van der Waals surface area contributed by atoms with Gasteiger partial charge in [0.15, 0.2) is 0 Å². The van der Waals surface area contributed by atoms with Gasteiger partial charge in [-0.1, -0.05) is 23.2 Å². The standard InChI is InChI=1S/C13H10Cl2N4O2/c1-18-6-7(5-16-18)11-12(20)19(13(21)17-11)10-3-8(14)2-9(15)4-10/h2-6,11H,1H3,(H,17,21). The van der Waals surface area contributed by atoms with Crippen molar-refractivity contribution in [1.29, 1.82) is 0 Å². The highest BCUT2D eigenvalue weighted by Gasteiger charge is 2.40. The van der Waals surface area contributed by atoms with Crippen molar-refractivity contribution >= 4 is 40.8 Å². The van der Waals surface area contributed by atoms with Gasteiger partial charge in [-0.25, -0.2) is 9.69 Å². The lowest BCUT2D eigenvalue weighted by Gasteiger charge is -2.13. The number of carbonyl (C=O) groups excluding carboxylic acids is 2. The molecule has 21 heavy (non-hydrogen) atoms. The van der Waals surface area contributed by atoms with Crippen LogP contribution in [0.5, 0.6) is 0 Å². The van der Waals surface area contributed by atoms with Crippen LogP contribution in [-0.2, 0) is 11.8 Å². The van der Waals surface area contributed by atoms with Crippen molar-refractivity contribution in [3.05, 3.63) is 46.2 Å². The van der Waals surface area contributed by atoms with Crippen molar-refractivity contribution in [3.63, 3.8) is 0 Å². The van der Waals surface area contributed by atoms with Gasteiger partial charge in [-0.05, 0) is 18.2 Å². The minimum Gasteiger partial charge on any atom is -0.321 e. The number of urea groups is 1. The Morgan fingerprint density at radius 1 is 1.19 bits per heavy atom. The molecule has 1 fully saturated rings. The van der Waals surface area contributed by atoms with E-state index in [-0.39, 0.29) is 0 Å². The lowest BCUT2D eigenvalue weighted by atomic mass is 10.1. The molecule has 1 unspecified atom stereocenters. The molecule has 1 aromatic carbocycles. The molecule has 108 valence electrons. The van der Waals surface area contributed by atoms with Crippen molar-refractivity contribution in [2.75, 3.05) is 4.90 Å². The van der Waals surface area contributed by atoms with E-state index in [1.165, 1.54) is 24.4 Å². The number of aryl methyl sites for hydroxylation is 1. The van der Waals surface area contributed by atoms with Gasteiger partial charge in [0, 0.05) is 28.9 Å². The zero-order valence-electron chi connectivity index (χ0n) is 10.9. The number of carbonyl (C=O) groups is 2. The molecule has 0 aliphatic carbocycles. The first-order valence-electron chi connectivity index (χ1n) is 6.05. The Morgan fingerprint density at radius 2 is 1.86 bits per heavy atom. The van der Waals surface area contributed by atoms with E-state index in [1.54, 1.807) is 17.9 Å². The van der Waals surface area contributed by atoms with E-state index in [9.17, 15) is 9.59 Å². The fourth-order valence-electron chi connectivity index (χ4n) is 2.21. The van der Waals surface area contributed by atoms with E-state index in [0.29, 0.717) is 21.3 Å². The number of benzene rings is 1. The summed E-state index contributed by atoms with van der Waals surface area (Å²) >= 11 is 11.8. The molecule has 3 rings (SSSR count). The second-order valence-corrected chi connectivity index (χ2v) is 5.50. The summed E-state index contributed by atoms with van der Waals surface area (Å²) in [6.45, 7) is 0. The molecule has 0 radical (unpaired) electrons. The number of hydrogen-bond donors (Lipinski definition) is 1. The summed E-state index contributed by atoms with van der Waals surface area (Å²) in [6, 6.07) is 3.27. The number of nitrogens with zero attached hydrogens (tertiary/aromatic N) is 3. The molecule has 1 aromatic heterocycles. The summed E-state index contributed by atoms with van der Waals surface area (Å²) in [4.78, 5) is 25.6. The number of aromatic nitrogens is 2. The molecule has 3 amide bonds. The molecule has 8 heteroatoms. The number of amides is 3. The molecular formula is C13H10Cl2N4O2. The Labute approximate surface area is 130 Å². The maximum atomic E-state index is 12.5. The average Bonchev–Trinajstić information content (AvgIpc) is 2.92. The highest BCUT2D eigenvalue weighted by Crippen LogP contribution is 2.30. The van der Waals surface area contributed by atoms with Gasteiger partial charge >= 0.3 is 6.03 Å². The van der Waals surface area contributed by atoms with Crippen molar-refractivity contribution in [2.45, 2.75) is 6.04 Å². The second kappa shape index (κ2) is 5.05. The summed E-state index contributed by atoms with van der Waals surface area (Å²) in [5, 5.41) is 7.32. The van der Waals surface area contributed by atoms with Crippen LogP contribution in [0.4, 0.5) is 10.5 Å². The van der Waals surface area contributed by atoms with Gasteiger partial charge in [-0.15, -0.1) is 0 Å². The van der Waals surface area contributed by atoms with Crippen LogP contribution >= 0.6 is 23.2 Å². The van der Waals surface area contributed by atoms with Gasteiger partial charge in [0.2, 0.25) is 0 Å². The summed E-state index contributed by atoms with van der Waals surface area (Å²) in [5.41, 5.74) is 0.952. The van der Waals surface area contributed by atoms with Gasteiger partial charge < -0.3 is 5.32 Å². The predicted octanol–water partition coefficient (Wildman–Crippen LogP) is 2.52. The highest BCUT2D eigenvalue weighted by atomic mass is 35.5. The van der Waals surface area contributed by atoms with Crippen LogP contribution in [0.1, 0.15) is 11.6 Å². The average molecular weight is 325 g/mol. The summed E-state index contributed by atoms with van der Waals surface area (Å²) in [5.74, 6) is -0.397. The first-order chi connectivity index (χ1) is 9.95. The van der Waals surface area contributed by atoms with Gasteiger partial charge in [-0.2, -0.15) is 5.10 Å². The van der Waals surface area contributed by atoms with Gasteiger partial charge in [0.05, 0.1) is 11.9 Å². The minimum atomic E-state index is -0.760. The Balaban J connectivity index is 1.97. The zero-order chi connectivity index (χ0) is 15.1. The summed E-state index contributed by atoms with van der Waals surface area (Å²) in [7, 11) is 1.74. The fraction of sp³-hybridized carbons (Fsp3) is 0.154. The van der Waals surface area contributed by atoms with Gasteiger partial charge in [0.25, 0.3) is 5.91 Å². The number of nitrogens with one attached hydrogen (secondary N) is 1. The van der Waals surface area contributed by atoms with Crippen molar-refractivity contribution in [3.8, 4) is 0 Å².